The molecule has 0 N–H and O–H groups in total. The Kier molecular flexibility index (Phi) is 23.3. The van der Waals surface area contributed by atoms with Crippen molar-refractivity contribution < 1.29 is 19.1 Å². The molecule has 1 unspecified atom stereocenters. The van der Waals surface area contributed by atoms with Gasteiger partial charge in [-0.15, -0.1) is 0 Å². The van der Waals surface area contributed by atoms with Gasteiger partial charge in [-0.25, -0.2) is 4.79 Å². The van der Waals surface area contributed by atoms with Gasteiger partial charge in [0.15, 0.2) is 0 Å². The monoisotopic (exact) mass is 468 g/mol. The van der Waals surface area contributed by atoms with Crippen molar-refractivity contribution in [2.45, 2.75) is 162 Å². The predicted molar refractivity (Wildman–Crippen MR) is 139 cm³/mol. The zero-order chi connectivity index (χ0) is 24.6. The molecule has 33 heavy (non-hydrogen) atoms. The summed E-state index contributed by atoms with van der Waals surface area (Å²) in [7, 11) is 0. The van der Waals surface area contributed by atoms with Crippen LogP contribution in [-0.4, -0.2) is 24.6 Å². The summed E-state index contributed by atoms with van der Waals surface area (Å²) >= 11 is 0. The normalized spacial score (nSPS) is 12.2. The Labute approximate surface area is 206 Å². The first-order chi connectivity index (χ1) is 16.0. The van der Waals surface area contributed by atoms with E-state index in [4.69, 9.17) is 9.47 Å². The summed E-state index contributed by atoms with van der Waals surface area (Å²) in [6.45, 7) is 8.08. The number of unbranched alkanes of at least 4 members (excludes halogenated alkanes) is 18. The molecule has 4 heteroatoms. The van der Waals surface area contributed by atoms with Crippen LogP contribution in [0, 0.1) is 5.92 Å². The van der Waals surface area contributed by atoms with Crippen LogP contribution < -0.4 is 0 Å². The summed E-state index contributed by atoms with van der Waals surface area (Å²) < 4.78 is 10.3. The number of esters is 2. The van der Waals surface area contributed by atoms with Crippen LogP contribution in [0.4, 0.5) is 0 Å². The Hall–Kier alpha value is -1.06. The first kappa shape index (κ1) is 31.9. The zero-order valence-electron chi connectivity index (χ0n) is 22.6. The van der Waals surface area contributed by atoms with Gasteiger partial charge in [0, 0.05) is 12.3 Å². The molecule has 0 rings (SSSR count). The highest BCUT2D eigenvalue weighted by Crippen LogP contribution is 2.16. The number of carbonyl (C=O) groups is 2. The topological polar surface area (TPSA) is 52.6 Å². The van der Waals surface area contributed by atoms with Gasteiger partial charge in [0.05, 0.1) is 6.61 Å². The molecule has 0 aliphatic rings. The minimum atomic E-state index is -0.780. The van der Waals surface area contributed by atoms with Crippen LogP contribution in [0.3, 0.4) is 0 Å². The fourth-order valence-electron chi connectivity index (χ4n) is 4.23. The lowest BCUT2D eigenvalue weighted by molar-refractivity contribution is -0.170. The van der Waals surface area contributed by atoms with Gasteiger partial charge in [0.2, 0.25) is 6.10 Å². The van der Waals surface area contributed by atoms with E-state index < -0.39 is 12.1 Å². The van der Waals surface area contributed by atoms with Crippen molar-refractivity contribution in [1.29, 1.82) is 0 Å². The first-order valence-electron chi connectivity index (χ1n) is 14.4. The highest BCUT2D eigenvalue weighted by molar-refractivity contribution is 5.79. The van der Waals surface area contributed by atoms with Gasteiger partial charge in [0.1, 0.15) is 0 Å². The van der Waals surface area contributed by atoms with E-state index in [9.17, 15) is 9.59 Å². The molecular weight excluding hydrogens is 412 g/mol. The first-order valence-corrected chi connectivity index (χ1v) is 14.4. The van der Waals surface area contributed by atoms with Gasteiger partial charge in [0.25, 0.3) is 0 Å². The molecule has 0 aliphatic heterocycles. The lowest BCUT2D eigenvalue weighted by Gasteiger charge is -2.19. The van der Waals surface area contributed by atoms with Gasteiger partial charge in [-0.05, 0) is 13.3 Å². The van der Waals surface area contributed by atoms with E-state index in [1.165, 1.54) is 109 Å². The summed E-state index contributed by atoms with van der Waals surface area (Å²) in [5, 5.41) is 0. The maximum absolute atomic E-state index is 12.0. The van der Waals surface area contributed by atoms with E-state index in [-0.39, 0.29) is 11.9 Å². The highest BCUT2D eigenvalue weighted by Gasteiger charge is 2.27. The summed E-state index contributed by atoms with van der Waals surface area (Å²) in [5.74, 6) is -0.791. The average Bonchev–Trinajstić information content (AvgIpc) is 2.79. The van der Waals surface area contributed by atoms with Crippen LogP contribution in [0.5, 0.6) is 0 Å². The molecule has 0 bridgehead atoms. The zero-order valence-corrected chi connectivity index (χ0v) is 22.6. The molecule has 196 valence electrons. The molecule has 0 heterocycles. The van der Waals surface area contributed by atoms with Crippen molar-refractivity contribution in [3.8, 4) is 0 Å². The number of ether oxygens (including phenoxy) is 2. The van der Waals surface area contributed by atoms with E-state index in [0.29, 0.717) is 13.0 Å². The molecule has 0 aromatic carbocycles. The van der Waals surface area contributed by atoms with Crippen LogP contribution in [0.1, 0.15) is 156 Å². The van der Waals surface area contributed by atoms with Crippen LogP contribution >= 0.6 is 0 Å². The van der Waals surface area contributed by atoms with Crippen molar-refractivity contribution in [3.63, 3.8) is 0 Å². The van der Waals surface area contributed by atoms with E-state index in [1.807, 2.05) is 13.8 Å². The molecule has 0 aromatic heterocycles. The molecule has 0 radical (unpaired) electrons. The van der Waals surface area contributed by atoms with E-state index in [2.05, 4.69) is 6.92 Å². The van der Waals surface area contributed by atoms with Gasteiger partial charge in [-0.2, -0.15) is 0 Å². The van der Waals surface area contributed by atoms with Crippen molar-refractivity contribution in [2.24, 2.45) is 5.92 Å². The van der Waals surface area contributed by atoms with Crippen LogP contribution in [0.25, 0.3) is 0 Å². The minimum Gasteiger partial charge on any atom is -0.463 e. The van der Waals surface area contributed by atoms with Crippen molar-refractivity contribution in [2.75, 3.05) is 6.61 Å². The third-order valence-corrected chi connectivity index (χ3v) is 6.37. The van der Waals surface area contributed by atoms with E-state index in [1.54, 1.807) is 6.92 Å². The standard InChI is InChI=1S/C29H56O4/c1-5-7-8-9-10-11-12-13-14-15-16-17-18-19-20-21-22-23-24-25-27(30)33-28(26(3)4)29(31)32-6-2/h26,28H,5-25H2,1-4H3. The summed E-state index contributed by atoms with van der Waals surface area (Å²) in [4.78, 5) is 23.9. The molecule has 0 amide bonds. The van der Waals surface area contributed by atoms with Crippen molar-refractivity contribution in [1.82, 2.24) is 0 Å². The lowest BCUT2D eigenvalue weighted by atomic mass is 10.0. The Bertz CT molecular complexity index is 447. The second kappa shape index (κ2) is 24.1. The Morgan fingerprint density at radius 3 is 1.27 bits per heavy atom. The lowest BCUT2D eigenvalue weighted by Crippen LogP contribution is -2.33. The maximum Gasteiger partial charge on any atom is 0.347 e. The fourth-order valence-corrected chi connectivity index (χ4v) is 4.23. The number of hydrogen-bond acceptors (Lipinski definition) is 4. The summed E-state index contributed by atoms with van der Waals surface area (Å²) in [5.41, 5.74) is 0. The molecule has 4 nitrogen and oxygen atoms in total. The molecule has 0 aromatic rings. The fraction of sp³-hybridized carbons (Fsp3) is 0.931. The largest absolute Gasteiger partial charge is 0.463 e. The molecule has 0 saturated heterocycles. The van der Waals surface area contributed by atoms with E-state index >= 15 is 0 Å². The highest BCUT2D eigenvalue weighted by atomic mass is 16.6. The van der Waals surface area contributed by atoms with Crippen LogP contribution in [0.2, 0.25) is 0 Å². The molecule has 0 saturated carbocycles. The number of hydrogen-bond donors (Lipinski definition) is 0. The van der Waals surface area contributed by atoms with E-state index in [0.717, 1.165) is 12.8 Å². The summed E-state index contributed by atoms with van der Waals surface area (Å²) in [6, 6.07) is 0. The Balaban J connectivity index is 3.39. The number of carbonyl (C=O) groups excluding carboxylic acids is 2. The molecule has 0 fully saturated rings. The van der Waals surface area contributed by atoms with Crippen molar-refractivity contribution >= 4 is 11.9 Å². The van der Waals surface area contributed by atoms with Crippen LogP contribution in [0.15, 0.2) is 0 Å². The quantitative estimate of drug-likeness (QED) is 0.105. The average molecular weight is 469 g/mol. The Morgan fingerprint density at radius 1 is 0.576 bits per heavy atom. The molecule has 0 spiro atoms. The summed E-state index contributed by atoms with van der Waals surface area (Å²) in [6.07, 6.45) is 25.0. The SMILES string of the molecule is CCCCCCCCCCCCCCCCCCCCCC(=O)OC(C(=O)OCC)C(C)C. The van der Waals surface area contributed by atoms with Gasteiger partial charge < -0.3 is 9.47 Å². The third kappa shape index (κ3) is 21.2. The van der Waals surface area contributed by atoms with Crippen LogP contribution in [-0.2, 0) is 19.1 Å². The van der Waals surface area contributed by atoms with Crippen molar-refractivity contribution in [3.05, 3.63) is 0 Å². The van der Waals surface area contributed by atoms with Gasteiger partial charge in [-0.1, -0.05) is 136 Å². The molecule has 1 atom stereocenters. The minimum absolute atomic E-state index is 0.0712. The number of rotatable bonds is 24. The smallest absolute Gasteiger partial charge is 0.347 e. The Morgan fingerprint density at radius 2 is 0.939 bits per heavy atom. The predicted octanol–water partition coefficient (Wildman–Crippen LogP) is 8.94. The molecular formula is C29H56O4. The van der Waals surface area contributed by atoms with Gasteiger partial charge in [-0.3, -0.25) is 4.79 Å². The van der Waals surface area contributed by atoms with Gasteiger partial charge >= 0.3 is 11.9 Å². The second-order valence-electron chi connectivity index (χ2n) is 10.0. The third-order valence-electron chi connectivity index (χ3n) is 6.37. The maximum atomic E-state index is 12.0. The molecule has 0 aliphatic carbocycles. The second-order valence-corrected chi connectivity index (χ2v) is 10.0.